The predicted molar refractivity (Wildman–Crippen MR) is 248 cm³/mol. The fraction of sp³-hybridized carbons (Fsp3) is 0. The first-order valence-electron chi connectivity index (χ1n) is 20.1. The zero-order chi connectivity index (χ0) is 38.9. The standard InChI is InChI=1S/C56H35N3/c1-2-18-44-37(12-1)13-11-25-52(44)59-53-24-8-7-21-47(53)48-31-30-43(34-54(48)59)42-17-10-16-41(33-42)40-15-9-14-39(32-40)36-26-28-38(29-27-36)51-35-57-55-49-22-5-3-19-45(49)46-20-4-6-23-50(46)56(55)58-51/h1-35H. The second kappa shape index (κ2) is 13.4. The van der Waals surface area contributed by atoms with Crippen LogP contribution in [0.1, 0.15) is 0 Å². The molecule has 0 aliphatic rings. The van der Waals surface area contributed by atoms with Crippen molar-refractivity contribution in [3.8, 4) is 50.3 Å². The number of aromatic nitrogens is 3. The van der Waals surface area contributed by atoms with Crippen LogP contribution in [0.15, 0.2) is 212 Å². The molecule has 0 saturated heterocycles. The van der Waals surface area contributed by atoms with Crippen molar-refractivity contribution in [2.75, 3.05) is 0 Å². The van der Waals surface area contributed by atoms with Crippen LogP contribution in [-0.2, 0) is 0 Å². The molecule has 59 heavy (non-hydrogen) atoms. The molecule has 0 N–H and O–H groups in total. The Kier molecular flexibility index (Phi) is 7.54. The van der Waals surface area contributed by atoms with Crippen molar-refractivity contribution in [1.82, 2.24) is 14.5 Å². The van der Waals surface area contributed by atoms with Crippen LogP contribution in [0.25, 0.3) is 115 Å². The Morgan fingerprint density at radius 2 is 0.797 bits per heavy atom. The molecule has 10 aromatic carbocycles. The highest BCUT2D eigenvalue weighted by atomic mass is 15.0. The maximum absolute atomic E-state index is 5.21. The second-order valence-corrected chi connectivity index (χ2v) is 15.4. The summed E-state index contributed by atoms with van der Waals surface area (Å²) < 4.78 is 2.44. The monoisotopic (exact) mass is 749 g/mol. The summed E-state index contributed by atoms with van der Waals surface area (Å²) in [5, 5.41) is 9.64. The maximum Gasteiger partial charge on any atom is 0.0979 e. The summed E-state index contributed by atoms with van der Waals surface area (Å²) in [6.45, 7) is 0. The molecule has 0 unspecified atom stereocenters. The van der Waals surface area contributed by atoms with Gasteiger partial charge in [0, 0.05) is 32.5 Å². The van der Waals surface area contributed by atoms with Gasteiger partial charge in [0.1, 0.15) is 0 Å². The van der Waals surface area contributed by atoms with Gasteiger partial charge in [-0.25, -0.2) is 4.98 Å². The Bertz CT molecular complexity index is 3570. The smallest absolute Gasteiger partial charge is 0.0979 e. The summed E-state index contributed by atoms with van der Waals surface area (Å²) in [5.74, 6) is 0. The van der Waals surface area contributed by atoms with E-state index in [0.29, 0.717) is 0 Å². The second-order valence-electron chi connectivity index (χ2n) is 15.4. The van der Waals surface area contributed by atoms with E-state index in [9.17, 15) is 0 Å². The lowest BCUT2D eigenvalue weighted by molar-refractivity contribution is 1.20. The lowest BCUT2D eigenvalue weighted by Crippen LogP contribution is -1.95. The Morgan fingerprint density at radius 3 is 1.51 bits per heavy atom. The third-order valence-electron chi connectivity index (χ3n) is 12.0. The van der Waals surface area contributed by atoms with Crippen LogP contribution < -0.4 is 0 Å². The van der Waals surface area contributed by atoms with Crippen LogP contribution >= 0.6 is 0 Å². The molecule has 12 rings (SSSR count). The van der Waals surface area contributed by atoms with Crippen LogP contribution in [0.2, 0.25) is 0 Å². The summed E-state index contributed by atoms with van der Waals surface area (Å²) in [7, 11) is 0. The van der Waals surface area contributed by atoms with E-state index >= 15 is 0 Å². The molecule has 3 heteroatoms. The molecule has 0 amide bonds. The molecule has 0 aliphatic carbocycles. The van der Waals surface area contributed by atoms with Gasteiger partial charge in [-0.3, -0.25) is 4.98 Å². The number of nitrogens with zero attached hydrogens (tertiary/aromatic N) is 3. The lowest BCUT2D eigenvalue weighted by Gasteiger charge is -2.13. The number of para-hydroxylation sites is 1. The molecule has 0 bridgehead atoms. The molecule has 0 aliphatic heterocycles. The van der Waals surface area contributed by atoms with Crippen LogP contribution in [0, 0.1) is 0 Å². The van der Waals surface area contributed by atoms with Gasteiger partial charge in [0.15, 0.2) is 0 Å². The Labute approximate surface area is 341 Å². The predicted octanol–water partition coefficient (Wildman–Crippen LogP) is 14.9. The van der Waals surface area contributed by atoms with Gasteiger partial charge in [0.2, 0.25) is 0 Å². The zero-order valence-electron chi connectivity index (χ0n) is 32.0. The summed E-state index contributed by atoms with van der Waals surface area (Å²) in [4.78, 5) is 10.2. The minimum absolute atomic E-state index is 0.866. The van der Waals surface area contributed by atoms with Crippen molar-refractivity contribution in [1.29, 1.82) is 0 Å². The zero-order valence-corrected chi connectivity index (χ0v) is 32.0. The van der Waals surface area contributed by atoms with E-state index < -0.39 is 0 Å². The van der Waals surface area contributed by atoms with E-state index in [2.05, 4.69) is 211 Å². The van der Waals surface area contributed by atoms with E-state index in [1.165, 1.54) is 76.9 Å². The quantitative estimate of drug-likeness (QED) is 0.164. The molecule has 2 heterocycles. The van der Waals surface area contributed by atoms with Gasteiger partial charge >= 0.3 is 0 Å². The molecule has 12 aromatic rings. The van der Waals surface area contributed by atoms with Crippen molar-refractivity contribution in [2.45, 2.75) is 0 Å². The molecular weight excluding hydrogens is 715 g/mol. The average Bonchev–Trinajstić information content (AvgIpc) is 3.65. The van der Waals surface area contributed by atoms with E-state index in [1.54, 1.807) is 0 Å². The normalized spacial score (nSPS) is 11.7. The van der Waals surface area contributed by atoms with Gasteiger partial charge in [0.05, 0.1) is 39.6 Å². The van der Waals surface area contributed by atoms with Crippen molar-refractivity contribution >= 4 is 65.2 Å². The fourth-order valence-corrected chi connectivity index (χ4v) is 9.17. The van der Waals surface area contributed by atoms with Gasteiger partial charge in [-0.15, -0.1) is 0 Å². The van der Waals surface area contributed by atoms with E-state index in [0.717, 1.165) is 38.6 Å². The molecule has 0 atom stereocenters. The first-order chi connectivity index (χ1) is 29.2. The third kappa shape index (κ3) is 5.44. The van der Waals surface area contributed by atoms with Crippen molar-refractivity contribution in [3.63, 3.8) is 0 Å². The summed E-state index contributed by atoms with van der Waals surface area (Å²) in [5.41, 5.74) is 14.4. The molecule has 0 saturated carbocycles. The minimum atomic E-state index is 0.866. The van der Waals surface area contributed by atoms with Gasteiger partial charge in [-0.2, -0.15) is 0 Å². The summed E-state index contributed by atoms with van der Waals surface area (Å²) in [6.07, 6.45) is 1.91. The van der Waals surface area contributed by atoms with Crippen molar-refractivity contribution in [2.24, 2.45) is 0 Å². The van der Waals surface area contributed by atoms with Crippen LogP contribution in [0.5, 0.6) is 0 Å². The molecular formula is C56H35N3. The van der Waals surface area contributed by atoms with Gasteiger partial charge < -0.3 is 4.57 Å². The van der Waals surface area contributed by atoms with Gasteiger partial charge in [-0.1, -0.05) is 176 Å². The van der Waals surface area contributed by atoms with Gasteiger partial charge in [-0.05, 0) is 79.9 Å². The van der Waals surface area contributed by atoms with Crippen LogP contribution in [-0.4, -0.2) is 14.5 Å². The molecule has 2 aromatic heterocycles. The molecule has 0 radical (unpaired) electrons. The number of rotatable bonds is 5. The average molecular weight is 750 g/mol. The molecule has 3 nitrogen and oxygen atoms in total. The lowest BCUT2D eigenvalue weighted by atomic mass is 9.95. The van der Waals surface area contributed by atoms with Crippen molar-refractivity contribution < 1.29 is 0 Å². The first-order valence-corrected chi connectivity index (χ1v) is 20.1. The number of hydrogen-bond donors (Lipinski definition) is 0. The topological polar surface area (TPSA) is 30.7 Å². The molecule has 0 spiro atoms. The van der Waals surface area contributed by atoms with Crippen LogP contribution in [0.4, 0.5) is 0 Å². The minimum Gasteiger partial charge on any atom is -0.309 e. The highest BCUT2D eigenvalue weighted by Gasteiger charge is 2.16. The Morgan fingerprint density at radius 1 is 0.305 bits per heavy atom. The fourth-order valence-electron chi connectivity index (χ4n) is 9.17. The molecule has 274 valence electrons. The SMILES string of the molecule is c1cc(-c2ccc(-c3cnc4c5ccccc5c5ccccc5c4n3)cc2)cc(-c2cccc(-c3ccc4c5ccccc5n(-c5cccc6ccccc56)c4c3)c2)c1. The van der Waals surface area contributed by atoms with Crippen LogP contribution in [0.3, 0.4) is 0 Å². The Balaban J connectivity index is 0.891. The summed E-state index contributed by atoms with van der Waals surface area (Å²) >= 11 is 0. The highest BCUT2D eigenvalue weighted by molar-refractivity contribution is 6.23. The Hall–Kier alpha value is -7.88. The van der Waals surface area contributed by atoms with Crippen molar-refractivity contribution in [3.05, 3.63) is 212 Å². The van der Waals surface area contributed by atoms with Gasteiger partial charge in [0.25, 0.3) is 0 Å². The maximum atomic E-state index is 5.21. The third-order valence-corrected chi connectivity index (χ3v) is 12.0. The van der Waals surface area contributed by atoms with E-state index in [1.807, 2.05) is 6.20 Å². The van der Waals surface area contributed by atoms with E-state index in [4.69, 9.17) is 9.97 Å². The summed E-state index contributed by atoms with van der Waals surface area (Å²) in [6, 6.07) is 74.4. The largest absolute Gasteiger partial charge is 0.309 e. The highest BCUT2D eigenvalue weighted by Crippen LogP contribution is 2.39. The molecule has 0 fully saturated rings. The number of fused-ring (bicyclic) bond motifs is 10. The number of benzene rings is 10. The van der Waals surface area contributed by atoms with E-state index in [-0.39, 0.29) is 0 Å². The first kappa shape index (κ1) is 33.3. The number of hydrogen-bond acceptors (Lipinski definition) is 2.